The van der Waals surface area contributed by atoms with Crippen LogP contribution in [0.4, 0.5) is 0 Å². The van der Waals surface area contributed by atoms with E-state index in [9.17, 15) is 14.7 Å². The minimum absolute atomic E-state index is 0.116. The van der Waals surface area contributed by atoms with Crippen LogP contribution in [0.25, 0.3) is 0 Å². The fraction of sp³-hybridized carbons (Fsp3) is 0.750. The van der Waals surface area contributed by atoms with Crippen molar-refractivity contribution in [2.75, 3.05) is 13.2 Å². The third kappa shape index (κ3) is 4.48. The molecule has 0 aliphatic rings. The normalized spacial score (nSPS) is 14.3. The van der Waals surface area contributed by atoms with E-state index in [2.05, 4.69) is 22.1 Å². The number of carbonyl (C=O) groups is 2. The van der Waals surface area contributed by atoms with Gasteiger partial charge in [0.25, 0.3) is 0 Å². The highest BCUT2D eigenvalue weighted by Gasteiger charge is 2.36. The van der Waals surface area contributed by atoms with Crippen LogP contribution >= 0.6 is 12.6 Å². The summed E-state index contributed by atoms with van der Waals surface area (Å²) in [5.41, 5.74) is 0. The number of rotatable bonds is 5. The number of thiol groups is 1. The third-order valence-corrected chi connectivity index (χ3v) is 1.64. The lowest BCUT2D eigenvalue weighted by atomic mass is 10.2. The van der Waals surface area contributed by atoms with E-state index in [0.29, 0.717) is 0 Å². The van der Waals surface area contributed by atoms with Gasteiger partial charge in [0, 0.05) is 0 Å². The molecule has 0 saturated heterocycles. The minimum Gasteiger partial charge on any atom is -0.466 e. The zero-order valence-corrected chi connectivity index (χ0v) is 9.04. The summed E-state index contributed by atoms with van der Waals surface area (Å²) in [6, 6.07) is 0. The van der Waals surface area contributed by atoms with Crippen molar-refractivity contribution >= 4 is 24.6 Å². The maximum absolute atomic E-state index is 11.0. The second-order valence-corrected chi connectivity index (χ2v) is 3.26. The maximum atomic E-state index is 11.0. The molecule has 82 valence electrons. The van der Waals surface area contributed by atoms with Gasteiger partial charge in [-0.05, 0) is 13.8 Å². The first-order valence-electron chi connectivity index (χ1n) is 4.21. The van der Waals surface area contributed by atoms with Crippen molar-refractivity contribution in [3.05, 3.63) is 0 Å². The molecule has 5 nitrogen and oxygen atoms in total. The highest BCUT2D eigenvalue weighted by Crippen LogP contribution is 2.18. The zero-order chi connectivity index (χ0) is 11.2. The summed E-state index contributed by atoms with van der Waals surface area (Å²) in [6.07, 6.45) is -0.525. The molecule has 0 aliphatic carbocycles. The molecule has 0 aromatic heterocycles. The summed E-state index contributed by atoms with van der Waals surface area (Å²) in [7, 11) is 0. The van der Waals surface area contributed by atoms with Gasteiger partial charge in [0.05, 0.1) is 19.6 Å². The van der Waals surface area contributed by atoms with Crippen LogP contribution in [0.5, 0.6) is 0 Å². The van der Waals surface area contributed by atoms with E-state index in [1.54, 1.807) is 13.8 Å². The van der Waals surface area contributed by atoms with E-state index >= 15 is 0 Å². The molecule has 0 aromatic rings. The molecule has 0 fully saturated rings. The first kappa shape index (κ1) is 13.2. The van der Waals surface area contributed by atoms with Gasteiger partial charge >= 0.3 is 11.9 Å². The number of ether oxygens (including phenoxy) is 2. The first-order chi connectivity index (χ1) is 6.44. The number of carbonyl (C=O) groups excluding carboxylic acids is 2. The van der Waals surface area contributed by atoms with Crippen LogP contribution in [0.15, 0.2) is 0 Å². The van der Waals surface area contributed by atoms with Crippen molar-refractivity contribution < 1.29 is 24.2 Å². The molecule has 0 saturated carbocycles. The van der Waals surface area contributed by atoms with Gasteiger partial charge in [-0.2, -0.15) is 0 Å². The van der Waals surface area contributed by atoms with Crippen molar-refractivity contribution in [2.24, 2.45) is 0 Å². The fourth-order valence-electron chi connectivity index (χ4n) is 0.732. The Morgan fingerprint density at radius 3 is 2.21 bits per heavy atom. The minimum atomic E-state index is -2.11. The second kappa shape index (κ2) is 5.87. The van der Waals surface area contributed by atoms with E-state index in [1.807, 2.05) is 0 Å². The summed E-state index contributed by atoms with van der Waals surface area (Å²) < 4.78 is 9.06. The van der Waals surface area contributed by atoms with Crippen LogP contribution in [0.2, 0.25) is 0 Å². The summed E-state index contributed by atoms with van der Waals surface area (Å²) in [4.78, 5) is 19.9. The molecule has 0 heterocycles. The molecule has 6 heteroatoms. The van der Waals surface area contributed by atoms with E-state index in [-0.39, 0.29) is 13.2 Å². The molecule has 1 N–H and O–H groups in total. The van der Waals surface area contributed by atoms with Crippen molar-refractivity contribution in [1.82, 2.24) is 0 Å². The molecule has 1 atom stereocenters. The SMILES string of the molecule is CCOC(=O)CC(O)(S)C(=O)OCC. The lowest BCUT2D eigenvalue weighted by molar-refractivity contribution is -0.162. The topological polar surface area (TPSA) is 72.8 Å². The van der Waals surface area contributed by atoms with E-state index < -0.39 is 23.3 Å². The highest BCUT2D eigenvalue weighted by molar-refractivity contribution is 7.82. The molecular formula is C8H14O5S. The van der Waals surface area contributed by atoms with Crippen LogP contribution in [0, 0.1) is 0 Å². The number of hydrogen-bond acceptors (Lipinski definition) is 6. The third-order valence-electron chi connectivity index (χ3n) is 1.30. The van der Waals surface area contributed by atoms with Crippen LogP contribution in [-0.2, 0) is 19.1 Å². The van der Waals surface area contributed by atoms with Crippen LogP contribution in [0.3, 0.4) is 0 Å². The predicted octanol–water partition coefficient (Wildman–Crippen LogP) is 0.121. The van der Waals surface area contributed by atoms with Gasteiger partial charge in [-0.1, -0.05) is 0 Å². The Hall–Kier alpha value is -0.750. The van der Waals surface area contributed by atoms with E-state index in [4.69, 9.17) is 0 Å². The lowest BCUT2D eigenvalue weighted by Crippen LogP contribution is -2.37. The largest absolute Gasteiger partial charge is 0.466 e. The van der Waals surface area contributed by atoms with Crippen molar-refractivity contribution in [3.8, 4) is 0 Å². The maximum Gasteiger partial charge on any atom is 0.349 e. The van der Waals surface area contributed by atoms with Gasteiger partial charge < -0.3 is 14.6 Å². The van der Waals surface area contributed by atoms with Gasteiger partial charge in [-0.25, -0.2) is 4.79 Å². The smallest absolute Gasteiger partial charge is 0.349 e. The molecule has 0 amide bonds. The van der Waals surface area contributed by atoms with Crippen molar-refractivity contribution in [3.63, 3.8) is 0 Å². The molecular weight excluding hydrogens is 208 g/mol. The molecule has 14 heavy (non-hydrogen) atoms. The molecule has 0 aliphatic heterocycles. The van der Waals surface area contributed by atoms with E-state index in [1.165, 1.54) is 0 Å². The average Bonchev–Trinajstić information content (AvgIpc) is 2.03. The van der Waals surface area contributed by atoms with Gasteiger partial charge in [0.2, 0.25) is 4.93 Å². The Morgan fingerprint density at radius 1 is 1.29 bits per heavy atom. The standard InChI is InChI=1S/C8H14O5S/c1-3-12-6(9)5-8(11,14)7(10)13-4-2/h11,14H,3-5H2,1-2H3. The monoisotopic (exact) mass is 222 g/mol. The second-order valence-electron chi connectivity index (χ2n) is 2.52. The molecule has 0 rings (SSSR count). The van der Waals surface area contributed by atoms with Crippen LogP contribution in [0.1, 0.15) is 20.3 Å². The van der Waals surface area contributed by atoms with Crippen molar-refractivity contribution in [1.29, 1.82) is 0 Å². The molecule has 0 aromatic carbocycles. The Bertz CT molecular complexity index is 214. The molecule has 0 spiro atoms. The van der Waals surface area contributed by atoms with Crippen molar-refractivity contribution in [2.45, 2.75) is 25.2 Å². The molecule has 0 radical (unpaired) electrons. The Labute approximate surface area is 87.8 Å². The summed E-state index contributed by atoms with van der Waals surface area (Å²) >= 11 is 3.63. The Morgan fingerprint density at radius 2 is 1.79 bits per heavy atom. The summed E-state index contributed by atoms with van der Waals surface area (Å²) in [6.45, 7) is 3.52. The number of aliphatic hydroxyl groups is 1. The Balaban J connectivity index is 4.18. The van der Waals surface area contributed by atoms with E-state index in [0.717, 1.165) is 0 Å². The fourth-order valence-corrected chi connectivity index (χ4v) is 0.926. The number of esters is 2. The van der Waals surface area contributed by atoms with Gasteiger partial charge in [-0.15, -0.1) is 12.6 Å². The summed E-state index contributed by atoms with van der Waals surface area (Å²) in [5.74, 6) is -1.64. The van der Waals surface area contributed by atoms with Gasteiger partial charge in [0.1, 0.15) is 0 Å². The van der Waals surface area contributed by atoms with Crippen LogP contribution in [-0.4, -0.2) is 35.2 Å². The zero-order valence-electron chi connectivity index (χ0n) is 8.15. The molecule has 0 bridgehead atoms. The first-order valence-corrected chi connectivity index (χ1v) is 4.66. The highest BCUT2D eigenvalue weighted by atomic mass is 32.1. The lowest BCUT2D eigenvalue weighted by Gasteiger charge is -2.18. The van der Waals surface area contributed by atoms with Gasteiger partial charge in [-0.3, -0.25) is 4.79 Å². The average molecular weight is 222 g/mol. The summed E-state index contributed by atoms with van der Waals surface area (Å²) in [5, 5.41) is 9.40. The van der Waals surface area contributed by atoms with Gasteiger partial charge in [0.15, 0.2) is 0 Å². The number of hydrogen-bond donors (Lipinski definition) is 2. The predicted molar refractivity (Wildman–Crippen MR) is 51.8 cm³/mol. The molecule has 1 unspecified atom stereocenters. The quantitative estimate of drug-likeness (QED) is 0.393. The van der Waals surface area contributed by atoms with Crippen LogP contribution < -0.4 is 0 Å². The Kier molecular flexibility index (Phi) is 5.56.